The molecule has 0 amide bonds. The molecule has 2 heterocycles. The predicted molar refractivity (Wildman–Crippen MR) is 96.8 cm³/mol. The molecule has 1 saturated heterocycles. The van der Waals surface area contributed by atoms with Crippen LogP contribution in [0.2, 0.25) is 0 Å². The molecule has 2 N–H and O–H groups in total. The summed E-state index contributed by atoms with van der Waals surface area (Å²) < 4.78 is 0. The van der Waals surface area contributed by atoms with Gasteiger partial charge in [0.1, 0.15) is 0 Å². The van der Waals surface area contributed by atoms with Crippen molar-refractivity contribution >= 4 is 34.6 Å². The van der Waals surface area contributed by atoms with Crippen LogP contribution in [0.5, 0.6) is 0 Å². The number of thiazole rings is 1. The van der Waals surface area contributed by atoms with Crippen LogP contribution in [0.3, 0.4) is 0 Å². The molecule has 22 heavy (non-hydrogen) atoms. The first-order valence-corrected chi connectivity index (χ1v) is 8.25. The van der Waals surface area contributed by atoms with E-state index in [1.54, 1.807) is 11.3 Å². The maximum absolute atomic E-state index is 5.70. The summed E-state index contributed by atoms with van der Waals surface area (Å²) in [5, 5.41) is 0.649. The number of nitrogens with two attached hydrogens (primary N) is 1. The minimum atomic E-state index is 0. The number of para-hydroxylation sites is 1. The zero-order valence-corrected chi connectivity index (χ0v) is 14.5. The fourth-order valence-electron chi connectivity index (χ4n) is 2.92. The van der Waals surface area contributed by atoms with Crippen LogP contribution >= 0.6 is 23.7 Å². The maximum Gasteiger partial charge on any atom is 0.180 e. The van der Waals surface area contributed by atoms with Crippen LogP contribution in [0.25, 0.3) is 0 Å². The second kappa shape index (κ2) is 7.81. The molecule has 1 aliphatic heterocycles. The van der Waals surface area contributed by atoms with Gasteiger partial charge >= 0.3 is 0 Å². The van der Waals surface area contributed by atoms with Gasteiger partial charge in [-0.15, -0.1) is 23.7 Å². The van der Waals surface area contributed by atoms with E-state index < -0.39 is 0 Å². The number of nitrogen functional groups attached to an aromatic ring is 1. The predicted octanol–water partition coefficient (Wildman–Crippen LogP) is 3.38. The Labute approximate surface area is 142 Å². The molecule has 0 unspecified atom stereocenters. The van der Waals surface area contributed by atoms with E-state index >= 15 is 0 Å². The highest BCUT2D eigenvalue weighted by Gasteiger charge is 2.16. The average Bonchev–Trinajstić information content (AvgIpc) is 3.11. The standard InChI is InChI=1S/C16H22N4S.ClH/c1-19(12-14-10-18-16(17)21-14)11-13-6-2-3-7-15(13)20-8-4-5-9-20;/h2-3,6-7,10H,4-5,8-9,11-12H2,1H3,(H2,17,18);1H. The summed E-state index contributed by atoms with van der Waals surface area (Å²) in [6, 6.07) is 8.76. The monoisotopic (exact) mass is 338 g/mol. The molecule has 1 aromatic carbocycles. The van der Waals surface area contributed by atoms with Gasteiger partial charge in [-0.25, -0.2) is 4.98 Å². The zero-order valence-electron chi connectivity index (χ0n) is 12.9. The second-order valence-electron chi connectivity index (χ2n) is 5.66. The molecule has 0 bridgehead atoms. The third-order valence-corrected chi connectivity index (χ3v) is 4.69. The Morgan fingerprint density at radius 2 is 1.95 bits per heavy atom. The van der Waals surface area contributed by atoms with Crippen LogP contribution in [0.1, 0.15) is 23.3 Å². The van der Waals surface area contributed by atoms with Gasteiger partial charge in [0.05, 0.1) is 0 Å². The van der Waals surface area contributed by atoms with Crippen LogP contribution in [-0.4, -0.2) is 30.0 Å². The molecule has 0 spiro atoms. The lowest BCUT2D eigenvalue weighted by molar-refractivity contribution is 0.322. The first-order valence-electron chi connectivity index (χ1n) is 7.44. The van der Waals surface area contributed by atoms with Gasteiger partial charge < -0.3 is 10.6 Å². The van der Waals surface area contributed by atoms with Gasteiger partial charge in [0.15, 0.2) is 5.13 Å². The van der Waals surface area contributed by atoms with Crippen molar-refractivity contribution in [3.63, 3.8) is 0 Å². The normalized spacial score (nSPS) is 14.4. The van der Waals surface area contributed by atoms with Crippen LogP contribution in [0.15, 0.2) is 30.5 Å². The van der Waals surface area contributed by atoms with Crippen molar-refractivity contribution in [3.8, 4) is 0 Å². The van der Waals surface area contributed by atoms with Crippen molar-refractivity contribution in [2.24, 2.45) is 0 Å². The van der Waals surface area contributed by atoms with E-state index in [2.05, 4.69) is 46.1 Å². The lowest BCUT2D eigenvalue weighted by atomic mass is 10.1. The number of nitrogens with zero attached hydrogens (tertiary/aromatic N) is 3. The van der Waals surface area contributed by atoms with E-state index in [1.807, 2.05) is 6.20 Å². The van der Waals surface area contributed by atoms with Crippen LogP contribution < -0.4 is 10.6 Å². The van der Waals surface area contributed by atoms with E-state index in [-0.39, 0.29) is 12.4 Å². The number of hydrogen-bond donors (Lipinski definition) is 1. The summed E-state index contributed by atoms with van der Waals surface area (Å²) in [7, 11) is 2.15. The van der Waals surface area contributed by atoms with Gasteiger partial charge in [0.25, 0.3) is 0 Å². The molecule has 4 nitrogen and oxygen atoms in total. The molecule has 0 aliphatic carbocycles. The van der Waals surface area contributed by atoms with Crippen molar-refractivity contribution < 1.29 is 0 Å². The molecule has 120 valence electrons. The quantitative estimate of drug-likeness (QED) is 0.907. The van der Waals surface area contributed by atoms with E-state index in [1.165, 1.54) is 42.1 Å². The number of hydrogen-bond acceptors (Lipinski definition) is 5. The molecule has 1 fully saturated rings. The molecule has 0 saturated carbocycles. The minimum Gasteiger partial charge on any atom is -0.375 e. The third kappa shape index (κ3) is 4.12. The number of benzene rings is 1. The van der Waals surface area contributed by atoms with Crippen molar-refractivity contribution in [3.05, 3.63) is 40.9 Å². The smallest absolute Gasteiger partial charge is 0.180 e. The lowest BCUT2D eigenvalue weighted by Crippen LogP contribution is -2.22. The summed E-state index contributed by atoms with van der Waals surface area (Å²) in [4.78, 5) is 10.2. The van der Waals surface area contributed by atoms with Crippen molar-refractivity contribution in [1.82, 2.24) is 9.88 Å². The second-order valence-corrected chi connectivity index (χ2v) is 6.81. The first-order chi connectivity index (χ1) is 10.2. The van der Waals surface area contributed by atoms with Crippen LogP contribution in [0.4, 0.5) is 10.8 Å². The summed E-state index contributed by atoms with van der Waals surface area (Å²) in [6.45, 7) is 4.21. The number of rotatable bonds is 5. The SMILES string of the molecule is CN(Cc1cnc(N)s1)Cc1ccccc1N1CCCC1.Cl. The molecule has 0 atom stereocenters. The van der Waals surface area contributed by atoms with E-state index in [4.69, 9.17) is 5.73 Å². The highest BCUT2D eigenvalue weighted by Crippen LogP contribution is 2.26. The Kier molecular flexibility index (Phi) is 6.06. The third-order valence-electron chi connectivity index (χ3n) is 3.88. The molecule has 3 rings (SSSR count). The highest BCUT2D eigenvalue weighted by atomic mass is 35.5. The van der Waals surface area contributed by atoms with Gasteiger partial charge in [0.2, 0.25) is 0 Å². The molecule has 1 aromatic heterocycles. The van der Waals surface area contributed by atoms with E-state index in [0.29, 0.717) is 5.13 Å². The van der Waals surface area contributed by atoms with Crippen molar-refractivity contribution in [1.29, 1.82) is 0 Å². The summed E-state index contributed by atoms with van der Waals surface area (Å²) in [6.07, 6.45) is 4.50. The van der Waals surface area contributed by atoms with Crippen molar-refractivity contribution in [2.45, 2.75) is 25.9 Å². The Bertz CT molecular complexity index is 595. The summed E-state index contributed by atoms with van der Waals surface area (Å²) >= 11 is 1.57. The van der Waals surface area contributed by atoms with Crippen LogP contribution in [0, 0.1) is 0 Å². The van der Waals surface area contributed by atoms with Crippen molar-refractivity contribution in [2.75, 3.05) is 30.8 Å². The fourth-order valence-corrected chi connectivity index (χ4v) is 3.68. The van der Waals surface area contributed by atoms with Gasteiger partial charge in [-0.1, -0.05) is 18.2 Å². The minimum absolute atomic E-state index is 0. The fraction of sp³-hybridized carbons (Fsp3) is 0.438. The molecular formula is C16H23ClN4S. The molecule has 1 aliphatic rings. The largest absolute Gasteiger partial charge is 0.375 e. The molecule has 0 radical (unpaired) electrons. The van der Waals surface area contributed by atoms with E-state index in [9.17, 15) is 0 Å². The topological polar surface area (TPSA) is 45.4 Å². The Morgan fingerprint density at radius 1 is 1.23 bits per heavy atom. The number of anilines is 2. The van der Waals surface area contributed by atoms with Gasteiger partial charge in [0, 0.05) is 42.9 Å². The Morgan fingerprint density at radius 3 is 2.64 bits per heavy atom. The van der Waals surface area contributed by atoms with Crippen LogP contribution in [-0.2, 0) is 13.1 Å². The van der Waals surface area contributed by atoms with Gasteiger partial charge in [-0.2, -0.15) is 0 Å². The summed E-state index contributed by atoms with van der Waals surface area (Å²) in [5.41, 5.74) is 8.49. The first kappa shape index (κ1) is 17.1. The Hall–Kier alpha value is -1.30. The lowest BCUT2D eigenvalue weighted by Gasteiger charge is -2.24. The Balaban J connectivity index is 0.00000176. The highest BCUT2D eigenvalue weighted by molar-refractivity contribution is 7.15. The molecule has 2 aromatic rings. The average molecular weight is 339 g/mol. The molecular weight excluding hydrogens is 316 g/mol. The van der Waals surface area contributed by atoms with Gasteiger partial charge in [-0.3, -0.25) is 4.90 Å². The number of aromatic nitrogens is 1. The van der Waals surface area contributed by atoms with E-state index in [0.717, 1.165) is 13.1 Å². The van der Waals surface area contributed by atoms with Gasteiger partial charge in [-0.05, 0) is 31.5 Å². The maximum atomic E-state index is 5.70. The zero-order chi connectivity index (χ0) is 14.7. The summed E-state index contributed by atoms with van der Waals surface area (Å²) in [5.74, 6) is 0. The number of halogens is 1. The molecule has 6 heteroatoms.